The maximum atomic E-state index is 4.48. The lowest BCUT2D eigenvalue weighted by Crippen LogP contribution is -2.45. The van der Waals surface area contributed by atoms with Crippen LogP contribution in [0.2, 0.25) is 0 Å². The molecule has 0 unspecified atom stereocenters. The van der Waals surface area contributed by atoms with Crippen LogP contribution in [0.25, 0.3) is 10.2 Å². The summed E-state index contributed by atoms with van der Waals surface area (Å²) < 4.78 is 0. The number of nitrogens with one attached hydrogen (secondary N) is 2. The zero-order chi connectivity index (χ0) is 13.5. The molecule has 2 aromatic heterocycles. The summed E-state index contributed by atoms with van der Waals surface area (Å²) in [6, 6.07) is 0. The largest absolute Gasteiger partial charge is 0.364 e. The minimum Gasteiger partial charge on any atom is -0.364 e. The van der Waals surface area contributed by atoms with Gasteiger partial charge < -0.3 is 10.6 Å². The first-order valence-corrected chi connectivity index (χ1v) is 7.60. The highest BCUT2D eigenvalue weighted by atomic mass is 32.1. The molecule has 1 fully saturated rings. The fourth-order valence-corrected chi connectivity index (χ4v) is 3.66. The van der Waals surface area contributed by atoms with Crippen molar-refractivity contribution < 1.29 is 0 Å². The highest BCUT2D eigenvalue weighted by Gasteiger charge is 2.27. The Labute approximate surface area is 117 Å². The predicted octanol–water partition coefficient (Wildman–Crippen LogP) is 2.86. The molecule has 0 aromatic carbocycles. The molecule has 19 heavy (non-hydrogen) atoms. The van der Waals surface area contributed by atoms with Gasteiger partial charge in [0, 0.05) is 10.4 Å². The van der Waals surface area contributed by atoms with Crippen LogP contribution >= 0.6 is 11.3 Å². The lowest BCUT2D eigenvalue weighted by atomic mass is 9.90. The maximum Gasteiger partial charge on any atom is 0.138 e. The number of nitrogens with zero attached hydrogens (tertiary/aromatic N) is 2. The van der Waals surface area contributed by atoms with Crippen molar-refractivity contribution in [3.05, 3.63) is 16.8 Å². The summed E-state index contributed by atoms with van der Waals surface area (Å²) in [5, 5.41) is 8.28. The van der Waals surface area contributed by atoms with Crippen molar-refractivity contribution in [2.24, 2.45) is 0 Å². The summed E-state index contributed by atoms with van der Waals surface area (Å²) in [5.41, 5.74) is 1.44. The SMILES string of the molecule is Cc1sc2ncnc(NC3(C)CCNCC3)c2c1C. The highest BCUT2D eigenvalue weighted by Crippen LogP contribution is 2.34. The molecule has 3 rings (SSSR count). The first-order valence-electron chi connectivity index (χ1n) is 6.79. The number of anilines is 1. The summed E-state index contributed by atoms with van der Waals surface area (Å²) in [7, 11) is 0. The second-order valence-corrected chi connectivity index (χ2v) is 6.82. The molecular weight excluding hydrogens is 256 g/mol. The van der Waals surface area contributed by atoms with Gasteiger partial charge in [-0.1, -0.05) is 0 Å². The van der Waals surface area contributed by atoms with Crippen LogP contribution in [-0.2, 0) is 0 Å². The quantitative estimate of drug-likeness (QED) is 0.885. The van der Waals surface area contributed by atoms with Gasteiger partial charge in [0.1, 0.15) is 17.0 Å². The van der Waals surface area contributed by atoms with Gasteiger partial charge in [-0.15, -0.1) is 11.3 Å². The number of aryl methyl sites for hydroxylation is 2. The van der Waals surface area contributed by atoms with Gasteiger partial charge in [-0.25, -0.2) is 9.97 Å². The zero-order valence-corrected chi connectivity index (χ0v) is 12.5. The van der Waals surface area contributed by atoms with E-state index in [1.165, 1.54) is 15.8 Å². The van der Waals surface area contributed by atoms with E-state index in [9.17, 15) is 0 Å². The van der Waals surface area contributed by atoms with Crippen molar-refractivity contribution in [1.29, 1.82) is 0 Å². The number of aromatic nitrogens is 2. The molecule has 0 spiro atoms. The van der Waals surface area contributed by atoms with Crippen LogP contribution in [0, 0.1) is 13.8 Å². The number of hydrogen-bond acceptors (Lipinski definition) is 5. The summed E-state index contributed by atoms with van der Waals surface area (Å²) >= 11 is 1.75. The smallest absolute Gasteiger partial charge is 0.138 e. The van der Waals surface area contributed by atoms with Gasteiger partial charge in [-0.2, -0.15) is 0 Å². The third-order valence-electron chi connectivity index (χ3n) is 4.09. The van der Waals surface area contributed by atoms with E-state index in [0.717, 1.165) is 36.6 Å². The number of thiophene rings is 1. The zero-order valence-electron chi connectivity index (χ0n) is 11.7. The first-order chi connectivity index (χ1) is 9.09. The number of piperidine rings is 1. The van der Waals surface area contributed by atoms with E-state index in [4.69, 9.17) is 0 Å². The monoisotopic (exact) mass is 276 g/mol. The molecule has 1 saturated heterocycles. The maximum absolute atomic E-state index is 4.48. The molecule has 2 aromatic rings. The molecule has 2 N–H and O–H groups in total. The normalized spacial score (nSPS) is 18.7. The van der Waals surface area contributed by atoms with E-state index in [0.29, 0.717) is 0 Å². The molecule has 5 heteroatoms. The van der Waals surface area contributed by atoms with Gasteiger partial charge in [0.2, 0.25) is 0 Å². The van der Waals surface area contributed by atoms with Crippen molar-refractivity contribution in [1.82, 2.24) is 15.3 Å². The summed E-state index contributed by atoms with van der Waals surface area (Å²) in [6.45, 7) is 8.74. The molecule has 1 aliphatic heterocycles. The summed E-state index contributed by atoms with van der Waals surface area (Å²) in [4.78, 5) is 11.3. The third-order valence-corrected chi connectivity index (χ3v) is 5.21. The van der Waals surface area contributed by atoms with Crippen LogP contribution < -0.4 is 10.6 Å². The average molecular weight is 276 g/mol. The molecule has 102 valence electrons. The van der Waals surface area contributed by atoms with Crippen LogP contribution in [-0.4, -0.2) is 28.6 Å². The molecule has 3 heterocycles. The van der Waals surface area contributed by atoms with Crippen molar-refractivity contribution in [3.8, 4) is 0 Å². The standard InChI is InChI=1S/C14H20N4S/c1-9-10(2)19-13-11(9)12(16-8-17-13)18-14(3)4-6-15-7-5-14/h8,15H,4-7H2,1-3H3,(H,16,17,18). The molecular formula is C14H20N4S. The van der Waals surface area contributed by atoms with Crippen LogP contribution in [0.4, 0.5) is 5.82 Å². The summed E-state index contributed by atoms with van der Waals surface area (Å²) in [5.74, 6) is 0.997. The molecule has 0 radical (unpaired) electrons. The fourth-order valence-electron chi connectivity index (χ4n) is 2.67. The lowest BCUT2D eigenvalue weighted by Gasteiger charge is -2.35. The molecule has 1 aliphatic rings. The van der Waals surface area contributed by atoms with E-state index >= 15 is 0 Å². The molecule has 0 bridgehead atoms. The molecule has 0 saturated carbocycles. The van der Waals surface area contributed by atoms with Gasteiger partial charge in [-0.3, -0.25) is 0 Å². The van der Waals surface area contributed by atoms with Crippen LogP contribution in [0.3, 0.4) is 0 Å². The van der Waals surface area contributed by atoms with Crippen molar-refractivity contribution in [2.75, 3.05) is 18.4 Å². The van der Waals surface area contributed by atoms with Gasteiger partial charge in [0.05, 0.1) is 5.39 Å². The van der Waals surface area contributed by atoms with Gasteiger partial charge in [0.15, 0.2) is 0 Å². The lowest BCUT2D eigenvalue weighted by molar-refractivity contribution is 0.364. The highest BCUT2D eigenvalue weighted by molar-refractivity contribution is 7.18. The Hall–Kier alpha value is -1.20. The Morgan fingerprint density at radius 1 is 1.26 bits per heavy atom. The average Bonchev–Trinajstić information content (AvgIpc) is 2.67. The Morgan fingerprint density at radius 3 is 2.74 bits per heavy atom. The van der Waals surface area contributed by atoms with Gasteiger partial charge in [-0.05, 0) is 52.3 Å². The first kappa shape index (κ1) is 12.8. The Morgan fingerprint density at radius 2 is 2.00 bits per heavy atom. The Kier molecular flexibility index (Phi) is 3.19. The van der Waals surface area contributed by atoms with E-state index < -0.39 is 0 Å². The van der Waals surface area contributed by atoms with Crippen LogP contribution in [0.15, 0.2) is 6.33 Å². The van der Waals surface area contributed by atoms with Crippen LogP contribution in [0.1, 0.15) is 30.2 Å². The Bertz CT molecular complexity index is 599. The topological polar surface area (TPSA) is 49.8 Å². The number of hydrogen-bond donors (Lipinski definition) is 2. The molecule has 0 atom stereocenters. The molecule has 4 nitrogen and oxygen atoms in total. The van der Waals surface area contributed by atoms with Gasteiger partial charge >= 0.3 is 0 Å². The second-order valence-electron chi connectivity index (χ2n) is 5.62. The van der Waals surface area contributed by atoms with Crippen molar-refractivity contribution in [3.63, 3.8) is 0 Å². The van der Waals surface area contributed by atoms with Crippen molar-refractivity contribution >= 4 is 27.4 Å². The minimum atomic E-state index is 0.134. The van der Waals surface area contributed by atoms with E-state index in [-0.39, 0.29) is 5.54 Å². The van der Waals surface area contributed by atoms with Crippen molar-refractivity contribution in [2.45, 2.75) is 39.2 Å². The summed E-state index contributed by atoms with van der Waals surface area (Å²) in [6.07, 6.45) is 3.92. The number of fused-ring (bicyclic) bond motifs is 1. The molecule has 0 amide bonds. The number of rotatable bonds is 2. The van der Waals surface area contributed by atoms with E-state index in [2.05, 4.69) is 41.4 Å². The van der Waals surface area contributed by atoms with E-state index in [1.54, 1.807) is 17.7 Å². The van der Waals surface area contributed by atoms with E-state index in [1.807, 2.05) is 0 Å². The minimum absolute atomic E-state index is 0.134. The second kappa shape index (κ2) is 4.72. The van der Waals surface area contributed by atoms with Crippen LogP contribution in [0.5, 0.6) is 0 Å². The molecule has 0 aliphatic carbocycles. The van der Waals surface area contributed by atoms with Gasteiger partial charge in [0.25, 0.3) is 0 Å². The predicted molar refractivity (Wildman–Crippen MR) is 81.0 cm³/mol. The third kappa shape index (κ3) is 2.32. The fraction of sp³-hybridized carbons (Fsp3) is 0.571. The Balaban J connectivity index is 2.00.